The number of methoxy groups -OCH3 is 1. The summed E-state index contributed by atoms with van der Waals surface area (Å²) in [7, 11) is 1.91. The molecule has 0 aliphatic heterocycles. The second-order valence-corrected chi connectivity index (χ2v) is 9.41. The van der Waals surface area contributed by atoms with Crippen LogP contribution in [0.3, 0.4) is 0 Å². The maximum absolute atomic E-state index is 11.1. The quantitative estimate of drug-likeness (QED) is 0.558. The minimum absolute atomic E-state index is 0.418. The van der Waals surface area contributed by atoms with Gasteiger partial charge in [0.15, 0.2) is 0 Å². The molecule has 0 heterocycles. The molecule has 0 aromatic heterocycles. The average Bonchev–Trinajstić information content (AvgIpc) is 2.99. The minimum atomic E-state index is 0.418. The highest BCUT2D eigenvalue weighted by Gasteiger charge is 2.60. The largest absolute Gasteiger partial charge is 0.381 e. The molecule has 0 N–H and O–H groups in total. The number of carbonyl (C=O) groups excluding carboxylic acids is 1. The number of hydrogen-bond donors (Lipinski definition) is 0. The van der Waals surface area contributed by atoms with E-state index in [0.29, 0.717) is 16.9 Å². The molecular formula is C23H38O2. The molecule has 0 radical (unpaired) electrons. The third-order valence-electron chi connectivity index (χ3n) is 8.87. The summed E-state index contributed by atoms with van der Waals surface area (Å²) >= 11 is 0. The van der Waals surface area contributed by atoms with Crippen molar-refractivity contribution in [1.29, 1.82) is 0 Å². The number of hydrogen-bond acceptors (Lipinski definition) is 2. The highest BCUT2D eigenvalue weighted by Crippen LogP contribution is 2.66. The summed E-state index contributed by atoms with van der Waals surface area (Å²) < 4.78 is 5.88. The van der Waals surface area contributed by atoms with Crippen LogP contribution in [0.5, 0.6) is 0 Å². The van der Waals surface area contributed by atoms with Crippen LogP contribution in [0.25, 0.3) is 0 Å². The molecule has 4 aliphatic carbocycles. The Morgan fingerprint density at radius 2 is 1.68 bits per heavy atom. The van der Waals surface area contributed by atoms with Crippen molar-refractivity contribution in [3.05, 3.63) is 5.57 Å². The molecule has 0 aromatic rings. The predicted octanol–water partition coefficient (Wildman–Crippen LogP) is 5.83. The fourth-order valence-electron chi connectivity index (χ4n) is 7.51. The van der Waals surface area contributed by atoms with Gasteiger partial charge in [0.2, 0.25) is 0 Å². The van der Waals surface area contributed by atoms with Crippen LogP contribution < -0.4 is 0 Å². The van der Waals surface area contributed by atoms with Gasteiger partial charge in [-0.05, 0) is 92.3 Å². The van der Waals surface area contributed by atoms with Crippen LogP contribution in [0, 0.1) is 34.5 Å². The van der Waals surface area contributed by atoms with Gasteiger partial charge < -0.3 is 4.74 Å². The maximum atomic E-state index is 11.1. The first kappa shape index (κ1) is 19.2. The van der Waals surface area contributed by atoms with E-state index in [9.17, 15) is 4.79 Å². The second-order valence-electron chi connectivity index (χ2n) is 9.41. The van der Waals surface area contributed by atoms with Crippen LogP contribution >= 0.6 is 0 Å². The summed E-state index contributed by atoms with van der Waals surface area (Å²) in [5.74, 6) is 5.61. The molecule has 25 heavy (non-hydrogen) atoms. The lowest BCUT2D eigenvalue weighted by Gasteiger charge is -2.60. The van der Waals surface area contributed by atoms with E-state index in [2.05, 4.69) is 19.8 Å². The Labute approximate surface area is 154 Å². The van der Waals surface area contributed by atoms with Crippen LogP contribution in [0.15, 0.2) is 5.57 Å². The van der Waals surface area contributed by atoms with Crippen LogP contribution in [0.1, 0.15) is 85.5 Å². The molecule has 2 heteroatoms. The first-order chi connectivity index (χ1) is 12.0. The molecule has 0 amide bonds. The zero-order valence-corrected chi connectivity index (χ0v) is 17.1. The number of allylic oxidation sites excluding steroid dienone is 1. The molecule has 0 aromatic carbocycles. The first-order valence-corrected chi connectivity index (χ1v) is 10.8. The predicted molar refractivity (Wildman–Crippen MR) is 103 cm³/mol. The molecule has 0 saturated heterocycles. The summed E-state index contributed by atoms with van der Waals surface area (Å²) in [6.45, 7) is 9.07. The van der Waals surface area contributed by atoms with E-state index in [0.717, 1.165) is 42.1 Å². The van der Waals surface area contributed by atoms with E-state index >= 15 is 0 Å². The minimum Gasteiger partial charge on any atom is -0.381 e. The Morgan fingerprint density at radius 1 is 0.960 bits per heavy atom. The maximum Gasteiger partial charge on any atom is 0.123 e. The van der Waals surface area contributed by atoms with Gasteiger partial charge in [0.25, 0.3) is 0 Å². The van der Waals surface area contributed by atoms with Gasteiger partial charge in [-0.25, -0.2) is 4.79 Å². The van der Waals surface area contributed by atoms with Gasteiger partial charge in [0.1, 0.15) is 5.94 Å². The lowest BCUT2D eigenvalue weighted by Crippen LogP contribution is -2.53. The van der Waals surface area contributed by atoms with Crippen molar-refractivity contribution in [2.24, 2.45) is 34.5 Å². The summed E-state index contributed by atoms with van der Waals surface area (Å²) in [5, 5.41) is 0. The van der Waals surface area contributed by atoms with Crippen LogP contribution in [-0.4, -0.2) is 19.2 Å². The average molecular weight is 347 g/mol. The summed E-state index contributed by atoms with van der Waals surface area (Å²) in [6, 6.07) is 0. The van der Waals surface area contributed by atoms with Crippen molar-refractivity contribution in [3.8, 4) is 0 Å². The van der Waals surface area contributed by atoms with Gasteiger partial charge in [-0.15, -0.1) is 0 Å². The summed E-state index contributed by atoms with van der Waals surface area (Å²) in [6.07, 6.45) is 11.8. The van der Waals surface area contributed by atoms with Gasteiger partial charge in [-0.3, -0.25) is 0 Å². The molecule has 4 rings (SSSR count). The van der Waals surface area contributed by atoms with Crippen molar-refractivity contribution in [2.75, 3.05) is 7.11 Å². The second kappa shape index (κ2) is 7.20. The van der Waals surface area contributed by atoms with Crippen molar-refractivity contribution >= 4 is 5.94 Å². The fraction of sp³-hybridized carbons (Fsp3) is 0.913. The molecule has 4 saturated carbocycles. The Kier molecular flexibility index (Phi) is 5.52. The topological polar surface area (TPSA) is 26.3 Å². The third-order valence-corrected chi connectivity index (χ3v) is 8.87. The van der Waals surface area contributed by atoms with Crippen LogP contribution in [-0.2, 0) is 9.53 Å². The lowest BCUT2D eigenvalue weighted by atomic mass is 9.45. The number of fused-ring (bicyclic) bond motifs is 5. The standard InChI is InChI=1S/C21H32O2.C2H6/c1-20-10-8-14(13-22)12-15(20)4-5-16-17-6-7-19(23-3)21(17,2)11-9-18(16)20;1-2/h15-19H,4-12H2,1-3H3;1-2H3/t15?,16?,17-,18-,19?,20?,21?;/m0./s1. The van der Waals surface area contributed by atoms with Crippen LogP contribution in [0.2, 0.25) is 0 Å². The van der Waals surface area contributed by atoms with Crippen molar-refractivity contribution in [3.63, 3.8) is 0 Å². The van der Waals surface area contributed by atoms with Gasteiger partial charge in [0.05, 0.1) is 6.10 Å². The summed E-state index contributed by atoms with van der Waals surface area (Å²) in [5.41, 5.74) is 1.95. The SMILES string of the molecule is CC.COC1CC[C@H]2C3CCC4CC(=C=O)CCC4(C)[C@H]3CCC12C. The van der Waals surface area contributed by atoms with E-state index in [4.69, 9.17) is 4.74 Å². The smallest absolute Gasteiger partial charge is 0.123 e. The highest BCUT2D eigenvalue weighted by atomic mass is 16.5. The highest BCUT2D eigenvalue weighted by molar-refractivity contribution is 5.53. The Morgan fingerprint density at radius 3 is 2.36 bits per heavy atom. The van der Waals surface area contributed by atoms with E-state index in [1.165, 1.54) is 44.9 Å². The number of ether oxygens (including phenoxy) is 1. The van der Waals surface area contributed by atoms with Crippen molar-refractivity contribution in [1.82, 2.24) is 0 Å². The first-order valence-electron chi connectivity index (χ1n) is 10.8. The van der Waals surface area contributed by atoms with Crippen LogP contribution in [0.4, 0.5) is 0 Å². The molecule has 4 fully saturated rings. The summed E-state index contributed by atoms with van der Waals surface area (Å²) in [4.78, 5) is 11.1. The monoisotopic (exact) mass is 346 g/mol. The van der Waals surface area contributed by atoms with E-state index in [1.807, 2.05) is 21.0 Å². The zero-order valence-electron chi connectivity index (χ0n) is 17.1. The van der Waals surface area contributed by atoms with Gasteiger partial charge in [-0.2, -0.15) is 0 Å². The molecule has 0 bridgehead atoms. The van der Waals surface area contributed by atoms with E-state index in [1.54, 1.807) is 0 Å². The molecule has 0 spiro atoms. The fourth-order valence-corrected chi connectivity index (χ4v) is 7.51. The molecule has 2 nitrogen and oxygen atoms in total. The Bertz CT molecular complexity index is 534. The van der Waals surface area contributed by atoms with Gasteiger partial charge >= 0.3 is 0 Å². The molecule has 142 valence electrons. The Hall–Kier alpha value is -0.590. The lowest BCUT2D eigenvalue weighted by molar-refractivity contribution is -0.121. The molecular weight excluding hydrogens is 308 g/mol. The van der Waals surface area contributed by atoms with Gasteiger partial charge in [0, 0.05) is 12.7 Å². The normalized spacial score (nSPS) is 48.4. The van der Waals surface area contributed by atoms with Crippen molar-refractivity contribution in [2.45, 2.75) is 91.6 Å². The van der Waals surface area contributed by atoms with Crippen molar-refractivity contribution < 1.29 is 9.53 Å². The molecule has 7 atom stereocenters. The zero-order chi connectivity index (χ0) is 18.2. The van der Waals surface area contributed by atoms with E-state index in [-0.39, 0.29) is 0 Å². The molecule has 5 unspecified atom stereocenters. The van der Waals surface area contributed by atoms with E-state index < -0.39 is 0 Å². The molecule has 4 aliphatic rings. The Balaban J connectivity index is 0.000000880. The van der Waals surface area contributed by atoms with Gasteiger partial charge in [-0.1, -0.05) is 27.7 Å². The third kappa shape index (κ3) is 2.85. The number of rotatable bonds is 1.